The maximum Gasteiger partial charge on any atom is 0.431 e. The van der Waals surface area contributed by atoms with E-state index < -0.39 is 6.09 Å². The monoisotopic (exact) mass is 373 g/mol. The number of carbonyl (C=O) groups is 1. The molecule has 134 valence electrons. The molecule has 0 aliphatic carbocycles. The number of nitrogens with zero attached hydrogens (tertiary/aromatic N) is 2. The molecule has 7 nitrogen and oxygen atoms in total. The van der Waals surface area contributed by atoms with Crippen LogP contribution in [-0.4, -0.2) is 21.1 Å². The zero-order valence-corrected chi connectivity index (χ0v) is 14.4. The molecule has 0 aliphatic heterocycles. The number of nitrogens with one attached hydrogen (secondary N) is 1. The zero-order valence-electron chi connectivity index (χ0n) is 13.6. The number of carbonyl (C=O) groups excluding carboxylic acids is 1. The first-order chi connectivity index (χ1) is 12.7. The van der Waals surface area contributed by atoms with Crippen molar-refractivity contribution in [2.45, 2.75) is 13.2 Å². The molecule has 0 spiro atoms. The number of amides is 1. The van der Waals surface area contributed by atoms with Crippen molar-refractivity contribution in [2.75, 3.05) is 0 Å². The van der Waals surface area contributed by atoms with Crippen LogP contribution in [0, 0.1) is 0 Å². The molecule has 0 aliphatic rings. The van der Waals surface area contributed by atoms with Gasteiger partial charge in [0.1, 0.15) is 13.2 Å². The Balaban J connectivity index is 1.64. The summed E-state index contributed by atoms with van der Waals surface area (Å²) < 4.78 is 12.3. The van der Waals surface area contributed by atoms with Crippen molar-refractivity contribution in [3.63, 3.8) is 0 Å². The predicted octanol–water partition coefficient (Wildman–Crippen LogP) is 3.72. The molecule has 0 unspecified atom stereocenters. The van der Waals surface area contributed by atoms with E-state index in [-0.39, 0.29) is 13.2 Å². The van der Waals surface area contributed by atoms with E-state index in [0.717, 1.165) is 16.8 Å². The van der Waals surface area contributed by atoms with Crippen molar-refractivity contribution < 1.29 is 19.5 Å². The molecule has 0 radical (unpaired) electrons. The predicted molar refractivity (Wildman–Crippen MR) is 94.5 cm³/mol. The second kappa shape index (κ2) is 8.37. The minimum Gasteiger partial charge on any atom is -0.472 e. The molecule has 0 bridgehead atoms. The van der Waals surface area contributed by atoms with Crippen LogP contribution in [0.5, 0.6) is 5.88 Å². The molecule has 0 atom stereocenters. The summed E-state index contributed by atoms with van der Waals surface area (Å²) >= 11 is 5.89. The van der Waals surface area contributed by atoms with Gasteiger partial charge in [0, 0.05) is 17.3 Å². The van der Waals surface area contributed by atoms with Gasteiger partial charge in [-0.2, -0.15) is 0 Å². The van der Waals surface area contributed by atoms with Gasteiger partial charge in [0.2, 0.25) is 5.88 Å². The first-order valence-corrected chi connectivity index (χ1v) is 8.11. The summed E-state index contributed by atoms with van der Waals surface area (Å²) in [6, 6.07) is 16.4. The summed E-state index contributed by atoms with van der Waals surface area (Å²) in [5.74, 6) is 0.462. The molecule has 1 aromatic heterocycles. The smallest absolute Gasteiger partial charge is 0.431 e. The maximum absolute atomic E-state index is 11.0. The molecular formula is C18H16ClN3O4. The first-order valence-electron chi connectivity index (χ1n) is 7.74. The highest BCUT2D eigenvalue weighted by molar-refractivity contribution is 6.30. The van der Waals surface area contributed by atoms with Crippen LogP contribution in [0.15, 0.2) is 60.8 Å². The van der Waals surface area contributed by atoms with Gasteiger partial charge in [-0.15, -0.1) is 5.10 Å². The summed E-state index contributed by atoms with van der Waals surface area (Å²) in [5, 5.41) is 13.5. The number of halogens is 1. The standard InChI is InChI=1S/C18H16ClN3O4/c19-15-5-7-16(8-6-15)22-10-9-17(20-22)25-11-13-3-1-2-4-14(13)12-26-18(23)21-24/h1-10,24H,11-12H2,(H,21,23). The second-order valence-corrected chi connectivity index (χ2v) is 5.76. The zero-order chi connectivity index (χ0) is 18.4. The van der Waals surface area contributed by atoms with Crippen LogP contribution >= 0.6 is 11.6 Å². The SMILES string of the molecule is O=C(NO)OCc1ccccc1COc1ccn(-c2ccc(Cl)cc2)n1. The van der Waals surface area contributed by atoms with Crippen LogP contribution < -0.4 is 10.2 Å². The van der Waals surface area contributed by atoms with Crippen molar-refractivity contribution >= 4 is 17.7 Å². The Labute approximate surface area is 154 Å². The van der Waals surface area contributed by atoms with Crippen molar-refractivity contribution in [3.05, 3.63) is 76.9 Å². The van der Waals surface area contributed by atoms with E-state index in [4.69, 9.17) is 26.3 Å². The number of hydrogen-bond donors (Lipinski definition) is 2. The lowest BCUT2D eigenvalue weighted by Gasteiger charge is -2.10. The maximum atomic E-state index is 11.0. The Morgan fingerprint density at radius 2 is 1.77 bits per heavy atom. The molecule has 26 heavy (non-hydrogen) atoms. The van der Waals surface area contributed by atoms with Crippen LogP contribution in [0.2, 0.25) is 5.02 Å². The van der Waals surface area contributed by atoms with E-state index in [9.17, 15) is 4.79 Å². The third-order valence-electron chi connectivity index (χ3n) is 3.60. The number of ether oxygens (including phenoxy) is 2. The van der Waals surface area contributed by atoms with Crippen molar-refractivity contribution in [3.8, 4) is 11.6 Å². The second-order valence-electron chi connectivity index (χ2n) is 5.32. The molecule has 1 amide bonds. The van der Waals surface area contributed by atoms with Gasteiger partial charge < -0.3 is 9.47 Å². The van der Waals surface area contributed by atoms with Crippen LogP contribution in [-0.2, 0) is 18.0 Å². The third-order valence-corrected chi connectivity index (χ3v) is 3.85. The number of aromatic nitrogens is 2. The molecule has 3 aromatic rings. The van der Waals surface area contributed by atoms with E-state index in [1.54, 1.807) is 29.1 Å². The largest absolute Gasteiger partial charge is 0.472 e. The topological polar surface area (TPSA) is 85.6 Å². The molecule has 1 heterocycles. The van der Waals surface area contributed by atoms with Gasteiger partial charge in [0.25, 0.3) is 0 Å². The molecule has 2 N–H and O–H groups in total. The quantitative estimate of drug-likeness (QED) is 0.508. The Bertz CT molecular complexity index is 880. The summed E-state index contributed by atoms with van der Waals surface area (Å²) in [6.45, 7) is 0.281. The number of hydrogen-bond acceptors (Lipinski definition) is 5. The number of rotatable bonds is 6. The molecular weight excluding hydrogens is 358 g/mol. The van der Waals surface area contributed by atoms with E-state index >= 15 is 0 Å². The van der Waals surface area contributed by atoms with Gasteiger partial charge >= 0.3 is 6.09 Å². The molecule has 0 saturated heterocycles. The van der Waals surface area contributed by atoms with Crippen molar-refractivity contribution in [1.29, 1.82) is 0 Å². The summed E-state index contributed by atoms with van der Waals surface area (Å²) in [5.41, 5.74) is 3.91. The fourth-order valence-corrected chi connectivity index (χ4v) is 2.41. The normalized spacial score (nSPS) is 10.4. The minimum atomic E-state index is -0.914. The van der Waals surface area contributed by atoms with Crippen LogP contribution in [0.4, 0.5) is 4.79 Å². The van der Waals surface area contributed by atoms with E-state index in [2.05, 4.69) is 5.10 Å². The Morgan fingerprint density at radius 1 is 1.08 bits per heavy atom. The Hall–Kier alpha value is -3.03. The van der Waals surface area contributed by atoms with Crippen LogP contribution in [0.25, 0.3) is 5.69 Å². The lowest BCUT2D eigenvalue weighted by Crippen LogP contribution is -2.20. The van der Waals surface area contributed by atoms with Gasteiger partial charge in [0.15, 0.2) is 0 Å². The highest BCUT2D eigenvalue weighted by Gasteiger charge is 2.08. The van der Waals surface area contributed by atoms with Gasteiger partial charge in [-0.3, -0.25) is 5.21 Å². The van der Waals surface area contributed by atoms with E-state index in [1.807, 2.05) is 36.4 Å². The van der Waals surface area contributed by atoms with Crippen molar-refractivity contribution in [1.82, 2.24) is 15.3 Å². The summed E-state index contributed by atoms with van der Waals surface area (Å²) in [7, 11) is 0. The summed E-state index contributed by atoms with van der Waals surface area (Å²) in [6.07, 6.45) is 0.876. The molecule has 0 fully saturated rings. The number of hydroxylamine groups is 1. The first kappa shape index (κ1) is 17.8. The molecule has 8 heteroatoms. The Kier molecular flexibility index (Phi) is 5.73. The average Bonchev–Trinajstić information content (AvgIpc) is 3.14. The lowest BCUT2D eigenvalue weighted by atomic mass is 10.1. The lowest BCUT2D eigenvalue weighted by molar-refractivity contribution is 0.0838. The minimum absolute atomic E-state index is 0.0190. The van der Waals surface area contributed by atoms with Crippen LogP contribution in [0.3, 0.4) is 0 Å². The number of benzene rings is 2. The summed E-state index contributed by atoms with van der Waals surface area (Å²) in [4.78, 5) is 11.0. The molecule has 3 rings (SSSR count). The van der Waals surface area contributed by atoms with E-state index in [0.29, 0.717) is 10.9 Å². The van der Waals surface area contributed by atoms with Gasteiger partial charge in [-0.25, -0.2) is 15.0 Å². The fraction of sp³-hybridized carbons (Fsp3) is 0.111. The molecule has 2 aromatic carbocycles. The highest BCUT2D eigenvalue weighted by Crippen LogP contribution is 2.17. The average molecular weight is 374 g/mol. The Morgan fingerprint density at radius 3 is 2.46 bits per heavy atom. The van der Waals surface area contributed by atoms with E-state index in [1.165, 1.54) is 5.48 Å². The van der Waals surface area contributed by atoms with Crippen molar-refractivity contribution in [2.24, 2.45) is 0 Å². The molecule has 0 saturated carbocycles. The fourth-order valence-electron chi connectivity index (χ4n) is 2.29. The highest BCUT2D eigenvalue weighted by atomic mass is 35.5. The van der Waals surface area contributed by atoms with Gasteiger partial charge in [0.05, 0.1) is 5.69 Å². The third kappa shape index (κ3) is 4.53. The van der Waals surface area contributed by atoms with Gasteiger partial charge in [-0.1, -0.05) is 35.9 Å². The van der Waals surface area contributed by atoms with Crippen LogP contribution in [0.1, 0.15) is 11.1 Å². The van der Waals surface area contributed by atoms with Gasteiger partial charge in [-0.05, 0) is 35.4 Å².